The Balaban J connectivity index is 2.63. The number of aromatic nitrogens is 1. The zero-order valence-electron chi connectivity index (χ0n) is 11.1. The Kier molecular flexibility index (Phi) is 5.58. The van der Waals surface area contributed by atoms with Crippen LogP contribution >= 0.6 is 0 Å². The summed E-state index contributed by atoms with van der Waals surface area (Å²) in [6, 6.07) is 3.77. The summed E-state index contributed by atoms with van der Waals surface area (Å²) in [7, 11) is 1.58. The molecule has 1 heterocycles. The summed E-state index contributed by atoms with van der Waals surface area (Å²) in [4.78, 5) is 17.0. The van der Waals surface area contributed by atoms with Crippen molar-refractivity contribution in [2.24, 2.45) is 0 Å². The molecular formula is C13H20N2O3. The number of pyridine rings is 1. The molecule has 0 aromatic carbocycles. The van der Waals surface area contributed by atoms with Gasteiger partial charge in [0.15, 0.2) is 0 Å². The number of hydrogen-bond acceptors (Lipinski definition) is 4. The summed E-state index contributed by atoms with van der Waals surface area (Å²) < 4.78 is 5.00. The SMILES string of the molecule is CCN(Cc1ccc(OC)nc1)C(C)CC(=O)O. The van der Waals surface area contributed by atoms with E-state index >= 15 is 0 Å². The van der Waals surface area contributed by atoms with Crippen LogP contribution < -0.4 is 4.74 Å². The zero-order valence-corrected chi connectivity index (χ0v) is 11.1. The Bertz CT molecular complexity index is 378. The molecule has 1 aromatic rings. The molecule has 0 spiro atoms. The molecular weight excluding hydrogens is 232 g/mol. The normalized spacial score (nSPS) is 12.4. The van der Waals surface area contributed by atoms with E-state index in [0.29, 0.717) is 12.4 Å². The van der Waals surface area contributed by atoms with Gasteiger partial charge in [0.2, 0.25) is 5.88 Å². The molecule has 18 heavy (non-hydrogen) atoms. The predicted molar refractivity (Wildman–Crippen MR) is 68.6 cm³/mol. The lowest BCUT2D eigenvalue weighted by Crippen LogP contribution is -2.34. The van der Waals surface area contributed by atoms with Gasteiger partial charge in [-0.2, -0.15) is 0 Å². The maximum absolute atomic E-state index is 10.7. The molecule has 5 heteroatoms. The quantitative estimate of drug-likeness (QED) is 0.801. The molecule has 1 rings (SSSR count). The molecule has 0 bridgehead atoms. The second kappa shape index (κ2) is 6.96. The molecule has 1 aromatic heterocycles. The van der Waals surface area contributed by atoms with E-state index in [0.717, 1.165) is 12.1 Å². The van der Waals surface area contributed by atoms with Crippen LogP contribution in [0.25, 0.3) is 0 Å². The second-order valence-electron chi connectivity index (χ2n) is 4.22. The first-order valence-electron chi connectivity index (χ1n) is 6.01. The Morgan fingerprint density at radius 1 is 1.56 bits per heavy atom. The van der Waals surface area contributed by atoms with Gasteiger partial charge in [0.05, 0.1) is 13.5 Å². The first kappa shape index (κ1) is 14.4. The van der Waals surface area contributed by atoms with Crippen LogP contribution in [0.3, 0.4) is 0 Å². The monoisotopic (exact) mass is 252 g/mol. The standard InChI is InChI=1S/C13H20N2O3/c1-4-15(10(2)7-13(16)17)9-11-5-6-12(18-3)14-8-11/h5-6,8,10H,4,7,9H2,1-3H3,(H,16,17). The molecule has 1 N–H and O–H groups in total. The average molecular weight is 252 g/mol. The van der Waals surface area contributed by atoms with Crippen molar-refractivity contribution in [3.63, 3.8) is 0 Å². The molecule has 0 amide bonds. The number of hydrogen-bond donors (Lipinski definition) is 1. The molecule has 100 valence electrons. The smallest absolute Gasteiger partial charge is 0.304 e. The highest BCUT2D eigenvalue weighted by Gasteiger charge is 2.15. The maximum atomic E-state index is 10.7. The van der Waals surface area contributed by atoms with E-state index in [9.17, 15) is 4.79 Å². The summed E-state index contributed by atoms with van der Waals surface area (Å²) in [5.41, 5.74) is 1.05. The van der Waals surface area contributed by atoms with Crippen molar-refractivity contribution >= 4 is 5.97 Å². The van der Waals surface area contributed by atoms with E-state index in [2.05, 4.69) is 9.88 Å². The van der Waals surface area contributed by atoms with E-state index < -0.39 is 5.97 Å². The van der Waals surface area contributed by atoms with E-state index in [1.165, 1.54) is 0 Å². The largest absolute Gasteiger partial charge is 0.481 e. The first-order chi connectivity index (χ1) is 8.56. The van der Waals surface area contributed by atoms with Crippen molar-refractivity contribution in [3.8, 4) is 5.88 Å². The summed E-state index contributed by atoms with van der Waals surface area (Å²) in [6.45, 7) is 5.45. The number of carboxylic acid groups (broad SMARTS) is 1. The van der Waals surface area contributed by atoms with Gasteiger partial charge in [-0.1, -0.05) is 13.0 Å². The minimum atomic E-state index is -0.770. The number of carbonyl (C=O) groups is 1. The minimum Gasteiger partial charge on any atom is -0.481 e. The summed E-state index contributed by atoms with van der Waals surface area (Å²) in [5, 5.41) is 8.81. The third-order valence-corrected chi connectivity index (χ3v) is 2.89. The van der Waals surface area contributed by atoms with Crippen LogP contribution in [-0.4, -0.2) is 40.7 Å². The van der Waals surface area contributed by atoms with Crippen LogP contribution in [0.15, 0.2) is 18.3 Å². The van der Waals surface area contributed by atoms with E-state index in [4.69, 9.17) is 9.84 Å². The zero-order chi connectivity index (χ0) is 13.5. The van der Waals surface area contributed by atoms with E-state index in [1.807, 2.05) is 26.0 Å². The Hall–Kier alpha value is -1.62. The van der Waals surface area contributed by atoms with Crippen LogP contribution in [0.4, 0.5) is 0 Å². The predicted octanol–water partition coefficient (Wildman–Crippen LogP) is 1.78. The molecule has 0 saturated heterocycles. The van der Waals surface area contributed by atoms with Crippen molar-refractivity contribution in [2.45, 2.75) is 32.9 Å². The molecule has 0 fully saturated rings. The lowest BCUT2D eigenvalue weighted by Gasteiger charge is -2.26. The minimum absolute atomic E-state index is 0.00889. The van der Waals surface area contributed by atoms with Crippen molar-refractivity contribution in [3.05, 3.63) is 23.9 Å². The van der Waals surface area contributed by atoms with E-state index in [1.54, 1.807) is 13.3 Å². The van der Waals surface area contributed by atoms with Crippen LogP contribution in [0, 0.1) is 0 Å². The third-order valence-electron chi connectivity index (χ3n) is 2.89. The molecule has 5 nitrogen and oxygen atoms in total. The van der Waals surface area contributed by atoms with Crippen LogP contribution in [-0.2, 0) is 11.3 Å². The summed E-state index contributed by atoms with van der Waals surface area (Å²) in [6.07, 6.45) is 1.91. The molecule has 0 radical (unpaired) electrons. The molecule has 0 aliphatic heterocycles. The van der Waals surface area contributed by atoms with Gasteiger partial charge in [-0.3, -0.25) is 9.69 Å². The number of methoxy groups -OCH3 is 1. The van der Waals surface area contributed by atoms with Gasteiger partial charge in [-0.25, -0.2) is 4.98 Å². The van der Waals surface area contributed by atoms with Gasteiger partial charge < -0.3 is 9.84 Å². The molecule has 0 aliphatic carbocycles. The van der Waals surface area contributed by atoms with Crippen molar-refractivity contribution in [2.75, 3.05) is 13.7 Å². The summed E-state index contributed by atoms with van der Waals surface area (Å²) in [5.74, 6) is -0.186. The fraction of sp³-hybridized carbons (Fsp3) is 0.538. The van der Waals surface area contributed by atoms with Gasteiger partial charge >= 0.3 is 5.97 Å². The van der Waals surface area contributed by atoms with Gasteiger partial charge in [-0.05, 0) is 19.0 Å². The highest BCUT2D eigenvalue weighted by atomic mass is 16.5. The van der Waals surface area contributed by atoms with Gasteiger partial charge in [0.1, 0.15) is 0 Å². The van der Waals surface area contributed by atoms with E-state index in [-0.39, 0.29) is 12.5 Å². The highest BCUT2D eigenvalue weighted by molar-refractivity contribution is 5.67. The van der Waals surface area contributed by atoms with Crippen LogP contribution in [0.2, 0.25) is 0 Å². The number of ether oxygens (including phenoxy) is 1. The number of nitrogens with zero attached hydrogens (tertiary/aromatic N) is 2. The fourth-order valence-electron chi connectivity index (χ4n) is 1.82. The third kappa shape index (κ3) is 4.33. The average Bonchev–Trinajstić information content (AvgIpc) is 2.35. The lowest BCUT2D eigenvalue weighted by atomic mass is 10.1. The topological polar surface area (TPSA) is 62.7 Å². The highest BCUT2D eigenvalue weighted by Crippen LogP contribution is 2.12. The van der Waals surface area contributed by atoms with Gasteiger partial charge in [0.25, 0.3) is 0 Å². The first-order valence-corrected chi connectivity index (χ1v) is 6.01. The number of rotatable bonds is 7. The second-order valence-corrected chi connectivity index (χ2v) is 4.22. The van der Waals surface area contributed by atoms with Crippen molar-refractivity contribution in [1.29, 1.82) is 0 Å². The number of carboxylic acids is 1. The Labute approximate surface area is 107 Å². The molecule has 0 saturated carbocycles. The van der Waals surface area contributed by atoms with Crippen molar-refractivity contribution < 1.29 is 14.6 Å². The Morgan fingerprint density at radius 2 is 2.28 bits per heavy atom. The van der Waals surface area contributed by atoms with Gasteiger partial charge in [0, 0.05) is 24.8 Å². The van der Waals surface area contributed by atoms with Crippen LogP contribution in [0.5, 0.6) is 5.88 Å². The van der Waals surface area contributed by atoms with Crippen molar-refractivity contribution in [1.82, 2.24) is 9.88 Å². The lowest BCUT2D eigenvalue weighted by molar-refractivity contribution is -0.138. The fourth-order valence-corrected chi connectivity index (χ4v) is 1.82. The molecule has 1 atom stereocenters. The summed E-state index contributed by atoms with van der Waals surface area (Å²) >= 11 is 0. The molecule has 0 aliphatic rings. The Morgan fingerprint density at radius 3 is 2.72 bits per heavy atom. The van der Waals surface area contributed by atoms with Crippen LogP contribution in [0.1, 0.15) is 25.8 Å². The number of aliphatic carboxylic acids is 1. The van der Waals surface area contributed by atoms with Gasteiger partial charge in [-0.15, -0.1) is 0 Å². The maximum Gasteiger partial charge on any atom is 0.304 e. The molecule has 1 unspecified atom stereocenters.